The molecule has 0 bridgehead atoms. The highest BCUT2D eigenvalue weighted by Gasteiger charge is 2.37. The molecule has 0 aromatic heterocycles. The summed E-state index contributed by atoms with van der Waals surface area (Å²) in [4.78, 5) is 18.0. The number of carbonyl (C=O) groups is 1. The number of rotatable bonds is 3. The van der Waals surface area contributed by atoms with Gasteiger partial charge in [-0.15, -0.1) is 0 Å². The quantitative estimate of drug-likeness (QED) is 0.457. The summed E-state index contributed by atoms with van der Waals surface area (Å²) in [5.41, 5.74) is 4.91. The highest BCUT2D eigenvalue weighted by molar-refractivity contribution is 6.39. The van der Waals surface area contributed by atoms with Gasteiger partial charge in [0.15, 0.2) is 5.78 Å². The van der Waals surface area contributed by atoms with E-state index in [1.54, 1.807) is 6.07 Å². The molecule has 3 aromatic rings. The third-order valence-corrected chi connectivity index (χ3v) is 6.67. The van der Waals surface area contributed by atoms with Crippen LogP contribution in [0.25, 0.3) is 11.3 Å². The molecule has 1 aliphatic heterocycles. The highest BCUT2D eigenvalue weighted by Crippen LogP contribution is 2.42. The maximum Gasteiger partial charge on any atom is 0.416 e. The molecule has 1 atom stereocenters. The zero-order valence-electron chi connectivity index (χ0n) is 19.1. The second-order valence-electron chi connectivity index (χ2n) is 9.00. The van der Waals surface area contributed by atoms with Crippen LogP contribution >= 0.6 is 0 Å². The van der Waals surface area contributed by atoms with Crippen LogP contribution in [0.5, 0.6) is 0 Å². The molecule has 1 aliphatic carbocycles. The number of fused-ring (bicyclic) bond motifs is 1. The number of allylic oxidation sites excluding steroid dienone is 1. The lowest BCUT2D eigenvalue weighted by atomic mass is 9.99. The van der Waals surface area contributed by atoms with Crippen molar-refractivity contribution < 1.29 is 18.0 Å². The van der Waals surface area contributed by atoms with Crippen LogP contribution < -0.4 is 4.90 Å². The average molecular weight is 463 g/mol. The van der Waals surface area contributed by atoms with E-state index in [0.29, 0.717) is 29.8 Å². The average Bonchev–Trinajstić information content (AvgIpc) is 3.11. The van der Waals surface area contributed by atoms with E-state index in [4.69, 9.17) is 0 Å². The minimum atomic E-state index is -4.42. The number of carbonyl (C=O) groups excluding carboxylic acids is 1. The third kappa shape index (κ3) is 3.87. The molecule has 5 rings (SSSR count). The van der Waals surface area contributed by atoms with E-state index in [9.17, 15) is 18.0 Å². The first-order valence-corrected chi connectivity index (χ1v) is 11.4. The predicted octanol–water partition coefficient (Wildman–Crippen LogP) is 6.29. The zero-order valence-corrected chi connectivity index (χ0v) is 19.1. The Labute approximate surface area is 197 Å². The van der Waals surface area contributed by atoms with Crippen LogP contribution in [-0.2, 0) is 6.18 Å². The first-order chi connectivity index (χ1) is 16.2. The second-order valence-corrected chi connectivity index (χ2v) is 9.00. The van der Waals surface area contributed by atoms with Crippen molar-refractivity contribution in [1.82, 2.24) is 4.90 Å². The molecule has 1 fully saturated rings. The van der Waals surface area contributed by atoms with Gasteiger partial charge in [0.1, 0.15) is 0 Å². The number of aryl methyl sites for hydroxylation is 1. The van der Waals surface area contributed by atoms with Gasteiger partial charge in [0.05, 0.1) is 16.8 Å². The van der Waals surface area contributed by atoms with Gasteiger partial charge in [-0.1, -0.05) is 48.5 Å². The summed E-state index contributed by atoms with van der Waals surface area (Å²) < 4.78 is 39.3. The number of hydrogen-bond donors (Lipinski definition) is 0. The summed E-state index contributed by atoms with van der Waals surface area (Å²) in [5, 5.41) is 0. The van der Waals surface area contributed by atoms with Crippen molar-refractivity contribution >= 4 is 22.7 Å². The van der Waals surface area contributed by atoms with E-state index in [-0.39, 0.29) is 11.8 Å². The number of benzene rings is 3. The molecule has 0 saturated carbocycles. The highest BCUT2D eigenvalue weighted by atomic mass is 19.4. The van der Waals surface area contributed by atoms with Gasteiger partial charge in [0.2, 0.25) is 0 Å². The summed E-state index contributed by atoms with van der Waals surface area (Å²) in [7, 11) is 0. The molecule has 0 radical (unpaired) electrons. The fraction of sp³-hybridized carbons (Fsp3) is 0.250. The lowest BCUT2D eigenvalue weighted by Gasteiger charge is -2.43. The second kappa shape index (κ2) is 8.35. The Hall–Kier alpha value is -3.54. The summed E-state index contributed by atoms with van der Waals surface area (Å²) >= 11 is 0. The normalized spacial score (nSPS) is 18.5. The minimum absolute atomic E-state index is 0.140. The Bertz CT molecular complexity index is 1280. The van der Waals surface area contributed by atoms with Crippen molar-refractivity contribution in [1.29, 1.82) is 0 Å². The summed E-state index contributed by atoms with van der Waals surface area (Å²) in [5.74, 6) is -0.140. The Morgan fingerprint density at radius 1 is 0.882 bits per heavy atom. The van der Waals surface area contributed by atoms with Gasteiger partial charge in [0, 0.05) is 42.5 Å². The van der Waals surface area contributed by atoms with Gasteiger partial charge >= 0.3 is 6.18 Å². The summed E-state index contributed by atoms with van der Waals surface area (Å²) in [6, 6.07) is 21.0. The third-order valence-electron chi connectivity index (χ3n) is 6.67. The zero-order chi connectivity index (χ0) is 24.0. The molecule has 1 unspecified atom stereocenters. The van der Waals surface area contributed by atoms with E-state index in [1.807, 2.05) is 18.2 Å². The SMILES string of the molecule is Cc1cccc(N2CCN(C3=C(c4ccc(C(F)(F)F)cc4)C(=O)c4ccccc43)CC2C)c1. The molecule has 0 amide bonds. The van der Waals surface area contributed by atoms with Gasteiger partial charge in [-0.25, -0.2) is 0 Å². The number of alkyl halides is 3. The first kappa shape index (κ1) is 22.3. The predicted molar refractivity (Wildman–Crippen MR) is 129 cm³/mol. The maximum atomic E-state index is 13.4. The van der Waals surface area contributed by atoms with Crippen molar-refractivity contribution in [2.24, 2.45) is 0 Å². The Morgan fingerprint density at radius 2 is 1.59 bits per heavy atom. The van der Waals surface area contributed by atoms with Crippen LogP contribution in [0.2, 0.25) is 0 Å². The number of hydrogen-bond acceptors (Lipinski definition) is 3. The van der Waals surface area contributed by atoms with E-state index in [0.717, 1.165) is 29.9 Å². The molecule has 6 heteroatoms. The van der Waals surface area contributed by atoms with E-state index >= 15 is 0 Å². The van der Waals surface area contributed by atoms with Crippen molar-refractivity contribution in [3.63, 3.8) is 0 Å². The Morgan fingerprint density at radius 3 is 2.24 bits per heavy atom. The number of ketones is 1. The molecule has 34 heavy (non-hydrogen) atoms. The molecular formula is C28H25F3N2O. The van der Waals surface area contributed by atoms with Gasteiger partial charge in [-0.3, -0.25) is 4.79 Å². The minimum Gasteiger partial charge on any atom is -0.367 e. The first-order valence-electron chi connectivity index (χ1n) is 11.4. The fourth-order valence-corrected chi connectivity index (χ4v) is 5.04. The Kier molecular flexibility index (Phi) is 5.47. The van der Waals surface area contributed by atoms with E-state index < -0.39 is 11.7 Å². The van der Waals surface area contributed by atoms with Crippen LogP contribution in [0.3, 0.4) is 0 Å². The van der Waals surface area contributed by atoms with Gasteiger partial charge in [-0.05, 0) is 49.2 Å². The number of anilines is 1. The molecule has 0 N–H and O–H groups in total. The molecule has 1 saturated heterocycles. The van der Waals surface area contributed by atoms with Gasteiger partial charge < -0.3 is 9.80 Å². The Balaban J connectivity index is 1.53. The van der Waals surface area contributed by atoms with E-state index in [1.165, 1.54) is 23.4 Å². The number of halogens is 3. The molecule has 0 spiro atoms. The van der Waals surface area contributed by atoms with Crippen molar-refractivity contribution in [3.05, 3.63) is 101 Å². The molecule has 1 heterocycles. The molecule has 2 aliphatic rings. The molecule has 174 valence electrons. The lowest BCUT2D eigenvalue weighted by Crippen LogP contribution is -2.51. The largest absolute Gasteiger partial charge is 0.416 e. The fourth-order valence-electron chi connectivity index (χ4n) is 5.04. The van der Waals surface area contributed by atoms with Crippen molar-refractivity contribution in [2.45, 2.75) is 26.1 Å². The summed E-state index contributed by atoms with van der Waals surface area (Å²) in [6.07, 6.45) is -4.42. The number of piperazine rings is 1. The van der Waals surface area contributed by atoms with E-state index in [2.05, 4.69) is 47.9 Å². The van der Waals surface area contributed by atoms with Gasteiger partial charge in [-0.2, -0.15) is 13.2 Å². The lowest BCUT2D eigenvalue weighted by molar-refractivity contribution is -0.137. The van der Waals surface area contributed by atoms with Crippen LogP contribution in [0.1, 0.15) is 39.5 Å². The smallest absolute Gasteiger partial charge is 0.367 e. The monoisotopic (exact) mass is 462 g/mol. The summed E-state index contributed by atoms with van der Waals surface area (Å²) in [6.45, 7) is 6.43. The van der Waals surface area contributed by atoms with Gasteiger partial charge in [0.25, 0.3) is 0 Å². The van der Waals surface area contributed by atoms with Crippen molar-refractivity contribution in [2.75, 3.05) is 24.5 Å². The molecule has 3 nitrogen and oxygen atoms in total. The number of nitrogens with zero attached hydrogens (tertiary/aromatic N) is 2. The molecular weight excluding hydrogens is 437 g/mol. The standard InChI is InChI=1S/C28H25F3N2O/c1-18-6-5-7-22(16-18)33-15-14-32(17-19(33)2)26-23-8-3-4-9-24(23)27(34)25(26)20-10-12-21(13-11-20)28(29,30)31/h3-13,16,19H,14-15,17H2,1-2H3. The molecule has 3 aromatic carbocycles. The number of Topliss-reactive ketones (excluding diaryl/α,β-unsaturated/α-hetero) is 1. The topological polar surface area (TPSA) is 23.6 Å². The van der Waals surface area contributed by atoms with Crippen LogP contribution in [0.4, 0.5) is 18.9 Å². The van der Waals surface area contributed by atoms with Crippen LogP contribution in [-0.4, -0.2) is 36.4 Å². The van der Waals surface area contributed by atoms with Crippen LogP contribution in [0, 0.1) is 6.92 Å². The van der Waals surface area contributed by atoms with Crippen molar-refractivity contribution in [3.8, 4) is 0 Å². The van der Waals surface area contributed by atoms with Crippen LogP contribution in [0.15, 0.2) is 72.8 Å². The maximum absolute atomic E-state index is 13.4.